The first kappa shape index (κ1) is 18.0. The average Bonchev–Trinajstić information content (AvgIpc) is 3.29. The van der Waals surface area contributed by atoms with Gasteiger partial charge >= 0.3 is 0 Å². The first-order valence-corrected chi connectivity index (χ1v) is 8.94. The maximum Gasteiger partial charge on any atom is 0.227 e. The van der Waals surface area contributed by atoms with Crippen molar-refractivity contribution in [1.82, 2.24) is 14.9 Å². The Bertz CT molecular complexity index is 745. The zero-order chi connectivity index (χ0) is 18.4. The second kappa shape index (κ2) is 8.51. The zero-order valence-electron chi connectivity index (χ0n) is 14.9. The molecule has 2 aromatic rings. The Morgan fingerprint density at radius 3 is 3.00 bits per heavy atom. The smallest absolute Gasteiger partial charge is 0.227 e. The molecule has 1 saturated heterocycles. The number of imidazole rings is 1. The summed E-state index contributed by atoms with van der Waals surface area (Å²) >= 11 is 0. The SMILES string of the molecule is CCOc1ccccc1N1CC(C(=O)NCCCn2ccnc2)CC1=O. The minimum absolute atomic E-state index is 0.0456. The average molecular weight is 356 g/mol. The molecule has 7 nitrogen and oxygen atoms in total. The second-order valence-corrected chi connectivity index (χ2v) is 6.25. The van der Waals surface area contributed by atoms with Gasteiger partial charge in [-0.25, -0.2) is 4.98 Å². The molecule has 0 bridgehead atoms. The zero-order valence-corrected chi connectivity index (χ0v) is 14.9. The van der Waals surface area contributed by atoms with Crippen LogP contribution in [0.1, 0.15) is 19.8 Å². The molecule has 0 radical (unpaired) electrons. The molecule has 0 saturated carbocycles. The van der Waals surface area contributed by atoms with E-state index < -0.39 is 0 Å². The molecule has 3 rings (SSSR count). The molecular formula is C19H24N4O3. The summed E-state index contributed by atoms with van der Waals surface area (Å²) < 4.78 is 7.58. The Morgan fingerprint density at radius 2 is 2.23 bits per heavy atom. The summed E-state index contributed by atoms with van der Waals surface area (Å²) in [5.41, 5.74) is 0.731. The molecule has 1 aliphatic heterocycles. The topological polar surface area (TPSA) is 76.5 Å². The van der Waals surface area contributed by atoms with Crippen molar-refractivity contribution in [3.8, 4) is 5.75 Å². The summed E-state index contributed by atoms with van der Waals surface area (Å²) in [5, 5.41) is 2.94. The highest BCUT2D eigenvalue weighted by Gasteiger charge is 2.36. The van der Waals surface area contributed by atoms with Crippen LogP contribution in [0.15, 0.2) is 43.0 Å². The van der Waals surface area contributed by atoms with Crippen LogP contribution in [0.4, 0.5) is 5.69 Å². The van der Waals surface area contributed by atoms with E-state index in [9.17, 15) is 9.59 Å². The van der Waals surface area contributed by atoms with Gasteiger partial charge in [0.2, 0.25) is 11.8 Å². The highest BCUT2D eigenvalue weighted by Crippen LogP contribution is 2.33. The number of hydrogen-bond acceptors (Lipinski definition) is 4. The number of ether oxygens (including phenoxy) is 1. The lowest BCUT2D eigenvalue weighted by atomic mass is 10.1. The van der Waals surface area contributed by atoms with Crippen LogP contribution in [0.2, 0.25) is 0 Å². The van der Waals surface area contributed by atoms with E-state index in [0.717, 1.165) is 18.7 Å². The summed E-state index contributed by atoms with van der Waals surface area (Å²) in [5.74, 6) is 0.228. The molecule has 7 heteroatoms. The van der Waals surface area contributed by atoms with Gasteiger partial charge in [0.25, 0.3) is 0 Å². The minimum atomic E-state index is -0.328. The number of para-hydroxylation sites is 2. The van der Waals surface area contributed by atoms with E-state index in [1.807, 2.05) is 42.0 Å². The summed E-state index contributed by atoms with van der Waals surface area (Å²) in [6.07, 6.45) is 6.43. The number of benzene rings is 1. The number of carbonyl (C=O) groups excluding carboxylic acids is 2. The Morgan fingerprint density at radius 1 is 1.38 bits per heavy atom. The fraction of sp³-hybridized carbons (Fsp3) is 0.421. The molecular weight excluding hydrogens is 332 g/mol. The lowest BCUT2D eigenvalue weighted by Crippen LogP contribution is -2.33. The van der Waals surface area contributed by atoms with Gasteiger partial charge in [0, 0.05) is 38.4 Å². The van der Waals surface area contributed by atoms with E-state index in [-0.39, 0.29) is 24.2 Å². The van der Waals surface area contributed by atoms with Crippen LogP contribution in [0, 0.1) is 5.92 Å². The van der Waals surface area contributed by atoms with Crippen molar-refractivity contribution in [2.45, 2.75) is 26.3 Å². The quantitative estimate of drug-likeness (QED) is 0.732. The Labute approximate surface area is 153 Å². The highest BCUT2D eigenvalue weighted by molar-refractivity contribution is 6.01. The van der Waals surface area contributed by atoms with E-state index >= 15 is 0 Å². The number of carbonyl (C=O) groups is 2. The number of aryl methyl sites for hydroxylation is 1. The number of rotatable bonds is 8. The maximum atomic E-state index is 12.4. The third kappa shape index (κ3) is 4.22. The number of aromatic nitrogens is 2. The lowest BCUT2D eigenvalue weighted by molar-refractivity contribution is -0.126. The van der Waals surface area contributed by atoms with E-state index in [1.54, 1.807) is 17.4 Å². The third-order valence-electron chi connectivity index (χ3n) is 4.40. The number of nitrogens with one attached hydrogen (secondary N) is 1. The highest BCUT2D eigenvalue weighted by atomic mass is 16.5. The predicted molar refractivity (Wildman–Crippen MR) is 97.9 cm³/mol. The van der Waals surface area contributed by atoms with Gasteiger partial charge in [-0.3, -0.25) is 9.59 Å². The summed E-state index contributed by atoms with van der Waals surface area (Å²) in [7, 11) is 0. The minimum Gasteiger partial charge on any atom is -0.492 e. The molecule has 1 aliphatic rings. The van der Waals surface area contributed by atoms with Gasteiger partial charge in [0.1, 0.15) is 5.75 Å². The van der Waals surface area contributed by atoms with Crippen LogP contribution in [0.3, 0.4) is 0 Å². The summed E-state index contributed by atoms with van der Waals surface area (Å²) in [6, 6.07) is 7.44. The standard InChI is InChI=1S/C19H24N4O3/c1-2-26-17-7-4-3-6-16(17)23-13-15(12-18(23)24)19(25)21-8-5-10-22-11-9-20-14-22/h3-4,6-7,9,11,14-15H,2,5,8,10,12-13H2,1H3,(H,21,25). The molecule has 1 aromatic carbocycles. The van der Waals surface area contributed by atoms with E-state index in [4.69, 9.17) is 4.74 Å². The number of hydrogen-bond donors (Lipinski definition) is 1. The van der Waals surface area contributed by atoms with Gasteiger partial charge in [-0.2, -0.15) is 0 Å². The van der Waals surface area contributed by atoms with Crippen LogP contribution < -0.4 is 15.0 Å². The maximum absolute atomic E-state index is 12.4. The summed E-state index contributed by atoms with van der Waals surface area (Å²) in [4.78, 5) is 30.5. The van der Waals surface area contributed by atoms with Crippen molar-refractivity contribution < 1.29 is 14.3 Å². The van der Waals surface area contributed by atoms with Gasteiger partial charge in [-0.15, -0.1) is 0 Å². The Hall–Kier alpha value is -2.83. The van der Waals surface area contributed by atoms with E-state index in [0.29, 0.717) is 25.4 Å². The molecule has 26 heavy (non-hydrogen) atoms. The van der Waals surface area contributed by atoms with Crippen LogP contribution in [0.25, 0.3) is 0 Å². The monoisotopic (exact) mass is 356 g/mol. The lowest BCUT2D eigenvalue weighted by Gasteiger charge is -2.20. The number of anilines is 1. The fourth-order valence-electron chi connectivity index (χ4n) is 3.11. The van der Waals surface area contributed by atoms with Crippen molar-refractivity contribution in [2.24, 2.45) is 5.92 Å². The van der Waals surface area contributed by atoms with Crippen LogP contribution in [0.5, 0.6) is 5.75 Å². The Kier molecular flexibility index (Phi) is 5.88. The number of amides is 2. The van der Waals surface area contributed by atoms with Crippen LogP contribution in [-0.4, -0.2) is 41.1 Å². The molecule has 2 heterocycles. The largest absolute Gasteiger partial charge is 0.492 e. The predicted octanol–water partition coefficient (Wildman–Crippen LogP) is 1.84. The van der Waals surface area contributed by atoms with E-state index in [2.05, 4.69) is 10.3 Å². The van der Waals surface area contributed by atoms with E-state index in [1.165, 1.54) is 0 Å². The molecule has 1 N–H and O–H groups in total. The first-order chi connectivity index (χ1) is 12.7. The molecule has 0 spiro atoms. The second-order valence-electron chi connectivity index (χ2n) is 6.25. The van der Waals surface area contributed by atoms with Crippen LogP contribution in [-0.2, 0) is 16.1 Å². The molecule has 2 amide bonds. The van der Waals surface area contributed by atoms with Crippen molar-refractivity contribution >= 4 is 17.5 Å². The third-order valence-corrected chi connectivity index (χ3v) is 4.40. The summed E-state index contributed by atoms with van der Waals surface area (Å²) in [6.45, 7) is 4.20. The van der Waals surface area contributed by atoms with Gasteiger partial charge < -0.3 is 19.5 Å². The van der Waals surface area contributed by atoms with Crippen LogP contribution >= 0.6 is 0 Å². The molecule has 0 aliphatic carbocycles. The van der Waals surface area contributed by atoms with Crippen molar-refractivity contribution in [2.75, 3.05) is 24.6 Å². The molecule has 138 valence electrons. The molecule has 1 atom stereocenters. The van der Waals surface area contributed by atoms with Gasteiger partial charge in [0.15, 0.2) is 0 Å². The molecule has 1 fully saturated rings. The fourth-order valence-corrected chi connectivity index (χ4v) is 3.11. The van der Waals surface area contributed by atoms with Gasteiger partial charge in [-0.05, 0) is 25.5 Å². The van der Waals surface area contributed by atoms with Gasteiger partial charge in [-0.1, -0.05) is 12.1 Å². The normalized spacial score (nSPS) is 16.7. The van der Waals surface area contributed by atoms with Crippen molar-refractivity contribution in [3.63, 3.8) is 0 Å². The molecule has 1 aromatic heterocycles. The molecule has 1 unspecified atom stereocenters. The Balaban J connectivity index is 1.53. The van der Waals surface area contributed by atoms with Gasteiger partial charge in [0.05, 0.1) is 24.5 Å². The van der Waals surface area contributed by atoms with Crippen molar-refractivity contribution in [3.05, 3.63) is 43.0 Å². The first-order valence-electron chi connectivity index (χ1n) is 8.94. The number of nitrogens with zero attached hydrogens (tertiary/aromatic N) is 3. The van der Waals surface area contributed by atoms with Crippen molar-refractivity contribution in [1.29, 1.82) is 0 Å².